The highest BCUT2D eigenvalue weighted by molar-refractivity contribution is 14.0. The fourth-order valence-corrected chi connectivity index (χ4v) is 2.22. The smallest absolute Gasteiger partial charge is 0.221 e. The summed E-state index contributed by atoms with van der Waals surface area (Å²) in [6, 6.07) is 8.60. The molecule has 1 aromatic carbocycles. The first kappa shape index (κ1) is 22.7. The standard InChI is InChI=1S/C18H30N4O.HI/c1-5-14(3)22-17(23)11-12-20-18(19-4)21-13-16-10-8-7-9-15(16)6-2;/h7-10,14H,5-6,11-13H2,1-4H3,(H,22,23)(H2,19,20,21);1H. The molecule has 24 heavy (non-hydrogen) atoms. The van der Waals surface area contributed by atoms with Crippen molar-refractivity contribution in [2.45, 2.75) is 52.6 Å². The Bertz CT molecular complexity index is 519. The zero-order chi connectivity index (χ0) is 17.1. The van der Waals surface area contributed by atoms with E-state index in [9.17, 15) is 4.79 Å². The maximum atomic E-state index is 11.7. The number of hydrogen-bond donors (Lipinski definition) is 3. The Morgan fingerprint density at radius 2 is 1.83 bits per heavy atom. The first-order chi connectivity index (χ1) is 11.1. The summed E-state index contributed by atoms with van der Waals surface area (Å²) in [7, 11) is 1.74. The number of halogens is 1. The predicted octanol–water partition coefficient (Wildman–Crippen LogP) is 2.84. The van der Waals surface area contributed by atoms with Gasteiger partial charge >= 0.3 is 0 Å². The molecule has 136 valence electrons. The molecule has 0 aliphatic heterocycles. The normalized spacial score (nSPS) is 12.1. The van der Waals surface area contributed by atoms with Crippen LogP contribution in [0.3, 0.4) is 0 Å². The van der Waals surface area contributed by atoms with E-state index in [-0.39, 0.29) is 35.9 Å². The van der Waals surface area contributed by atoms with Crippen molar-refractivity contribution in [2.75, 3.05) is 13.6 Å². The summed E-state index contributed by atoms with van der Waals surface area (Å²) in [5, 5.41) is 9.43. The third-order valence-electron chi connectivity index (χ3n) is 3.83. The van der Waals surface area contributed by atoms with Gasteiger partial charge in [-0.2, -0.15) is 0 Å². The molecule has 1 aromatic rings. The number of benzene rings is 1. The quantitative estimate of drug-likeness (QED) is 0.327. The van der Waals surface area contributed by atoms with Crippen LogP contribution in [-0.2, 0) is 17.8 Å². The van der Waals surface area contributed by atoms with E-state index in [1.54, 1.807) is 7.05 Å². The summed E-state index contributed by atoms with van der Waals surface area (Å²) in [6.07, 6.45) is 2.40. The van der Waals surface area contributed by atoms with E-state index in [0.29, 0.717) is 18.9 Å². The van der Waals surface area contributed by atoms with Crippen LogP contribution in [-0.4, -0.2) is 31.5 Å². The minimum Gasteiger partial charge on any atom is -0.356 e. The Kier molecular flexibility index (Phi) is 12.3. The van der Waals surface area contributed by atoms with Gasteiger partial charge in [0.2, 0.25) is 5.91 Å². The molecule has 0 spiro atoms. The Morgan fingerprint density at radius 3 is 2.42 bits per heavy atom. The molecule has 1 unspecified atom stereocenters. The number of aliphatic imine (C=N–C) groups is 1. The van der Waals surface area contributed by atoms with Crippen LogP contribution in [0.15, 0.2) is 29.3 Å². The minimum atomic E-state index is 0. The average molecular weight is 446 g/mol. The molecular formula is C18H31IN4O. The van der Waals surface area contributed by atoms with Crippen molar-refractivity contribution >= 4 is 35.8 Å². The lowest BCUT2D eigenvalue weighted by atomic mass is 10.1. The van der Waals surface area contributed by atoms with Crippen LogP contribution in [0.25, 0.3) is 0 Å². The van der Waals surface area contributed by atoms with Gasteiger partial charge in [-0.15, -0.1) is 24.0 Å². The number of guanidine groups is 1. The van der Waals surface area contributed by atoms with E-state index in [4.69, 9.17) is 0 Å². The molecule has 0 bridgehead atoms. The van der Waals surface area contributed by atoms with Crippen molar-refractivity contribution in [3.8, 4) is 0 Å². The Hall–Kier alpha value is -1.31. The van der Waals surface area contributed by atoms with Gasteiger partial charge in [-0.25, -0.2) is 0 Å². The number of nitrogens with zero attached hydrogens (tertiary/aromatic N) is 1. The summed E-state index contributed by atoms with van der Waals surface area (Å²) in [4.78, 5) is 15.9. The van der Waals surface area contributed by atoms with Gasteiger partial charge < -0.3 is 16.0 Å². The van der Waals surface area contributed by atoms with Gasteiger partial charge in [0.25, 0.3) is 0 Å². The van der Waals surface area contributed by atoms with Crippen LogP contribution in [0.2, 0.25) is 0 Å². The molecule has 0 heterocycles. The van der Waals surface area contributed by atoms with Crippen molar-refractivity contribution in [1.82, 2.24) is 16.0 Å². The van der Waals surface area contributed by atoms with E-state index in [0.717, 1.165) is 19.4 Å². The highest BCUT2D eigenvalue weighted by Crippen LogP contribution is 2.08. The van der Waals surface area contributed by atoms with Gasteiger partial charge in [0.15, 0.2) is 5.96 Å². The molecule has 0 saturated heterocycles. The lowest BCUT2D eigenvalue weighted by Crippen LogP contribution is -2.40. The van der Waals surface area contributed by atoms with E-state index in [1.165, 1.54) is 11.1 Å². The summed E-state index contributed by atoms with van der Waals surface area (Å²) < 4.78 is 0. The second-order valence-electron chi connectivity index (χ2n) is 5.60. The fraction of sp³-hybridized carbons (Fsp3) is 0.556. The molecule has 5 nitrogen and oxygen atoms in total. The highest BCUT2D eigenvalue weighted by Gasteiger charge is 2.06. The summed E-state index contributed by atoms with van der Waals surface area (Å²) >= 11 is 0. The number of aryl methyl sites for hydroxylation is 1. The number of carbonyl (C=O) groups excluding carboxylic acids is 1. The van der Waals surface area contributed by atoms with Crippen molar-refractivity contribution in [2.24, 2.45) is 4.99 Å². The van der Waals surface area contributed by atoms with E-state index in [1.807, 2.05) is 13.0 Å². The van der Waals surface area contributed by atoms with Crippen LogP contribution < -0.4 is 16.0 Å². The summed E-state index contributed by atoms with van der Waals surface area (Å²) in [5.41, 5.74) is 2.61. The molecule has 0 saturated carbocycles. The molecule has 1 atom stereocenters. The molecular weight excluding hydrogens is 415 g/mol. The van der Waals surface area contributed by atoms with Gasteiger partial charge in [0.05, 0.1) is 0 Å². The van der Waals surface area contributed by atoms with Crippen molar-refractivity contribution in [3.05, 3.63) is 35.4 Å². The lowest BCUT2D eigenvalue weighted by molar-refractivity contribution is -0.121. The average Bonchev–Trinajstić information content (AvgIpc) is 2.57. The maximum Gasteiger partial charge on any atom is 0.221 e. The first-order valence-corrected chi connectivity index (χ1v) is 8.41. The zero-order valence-electron chi connectivity index (χ0n) is 15.2. The molecule has 0 aliphatic rings. The van der Waals surface area contributed by atoms with Crippen LogP contribution in [0.4, 0.5) is 0 Å². The summed E-state index contributed by atoms with van der Waals surface area (Å²) in [6.45, 7) is 7.52. The van der Waals surface area contributed by atoms with Crippen LogP contribution in [0.5, 0.6) is 0 Å². The van der Waals surface area contributed by atoms with Gasteiger partial charge in [-0.1, -0.05) is 38.1 Å². The molecule has 0 fully saturated rings. The largest absolute Gasteiger partial charge is 0.356 e. The Labute approximate surface area is 163 Å². The topological polar surface area (TPSA) is 65.5 Å². The monoisotopic (exact) mass is 446 g/mol. The number of amides is 1. The molecule has 3 N–H and O–H groups in total. The van der Waals surface area contributed by atoms with Gasteiger partial charge in [0, 0.05) is 32.6 Å². The predicted molar refractivity (Wildman–Crippen MR) is 112 cm³/mol. The van der Waals surface area contributed by atoms with Gasteiger partial charge in [-0.05, 0) is 30.9 Å². The molecule has 6 heteroatoms. The Morgan fingerprint density at radius 1 is 1.17 bits per heavy atom. The molecule has 1 rings (SSSR count). The second kappa shape index (κ2) is 13.0. The molecule has 0 aliphatic carbocycles. The van der Waals surface area contributed by atoms with Gasteiger partial charge in [0.1, 0.15) is 0 Å². The summed E-state index contributed by atoms with van der Waals surface area (Å²) in [5.74, 6) is 0.783. The Balaban J connectivity index is 0.00000529. The van der Waals surface area contributed by atoms with Gasteiger partial charge in [-0.3, -0.25) is 9.79 Å². The highest BCUT2D eigenvalue weighted by atomic mass is 127. The third kappa shape index (κ3) is 8.52. The van der Waals surface area contributed by atoms with Crippen molar-refractivity contribution in [3.63, 3.8) is 0 Å². The van der Waals surface area contributed by atoms with E-state index >= 15 is 0 Å². The third-order valence-corrected chi connectivity index (χ3v) is 3.83. The SMILES string of the molecule is CCc1ccccc1CNC(=NC)NCCC(=O)NC(C)CC.I. The number of nitrogens with one attached hydrogen (secondary N) is 3. The number of carbonyl (C=O) groups is 1. The molecule has 1 amide bonds. The van der Waals surface area contributed by atoms with Crippen LogP contribution in [0.1, 0.15) is 44.7 Å². The maximum absolute atomic E-state index is 11.7. The molecule has 0 radical (unpaired) electrons. The van der Waals surface area contributed by atoms with Crippen LogP contribution in [0, 0.1) is 0 Å². The zero-order valence-corrected chi connectivity index (χ0v) is 17.5. The van der Waals surface area contributed by atoms with E-state index in [2.05, 4.69) is 53.0 Å². The van der Waals surface area contributed by atoms with Crippen molar-refractivity contribution < 1.29 is 4.79 Å². The fourth-order valence-electron chi connectivity index (χ4n) is 2.22. The van der Waals surface area contributed by atoms with E-state index < -0.39 is 0 Å². The molecule has 0 aromatic heterocycles. The number of rotatable bonds is 8. The number of hydrogen-bond acceptors (Lipinski definition) is 2. The second-order valence-corrected chi connectivity index (χ2v) is 5.60. The first-order valence-electron chi connectivity index (χ1n) is 8.41. The minimum absolute atomic E-state index is 0. The lowest BCUT2D eigenvalue weighted by Gasteiger charge is -2.14. The van der Waals surface area contributed by atoms with Crippen LogP contribution >= 0.6 is 24.0 Å². The van der Waals surface area contributed by atoms with Crippen molar-refractivity contribution in [1.29, 1.82) is 0 Å².